The van der Waals surface area contributed by atoms with Crippen LogP contribution in [0.5, 0.6) is 0 Å². The second-order valence-corrected chi connectivity index (χ2v) is 5.23. The van der Waals surface area contributed by atoms with Crippen LogP contribution in [0.15, 0.2) is 0 Å². The molecule has 1 aliphatic carbocycles. The normalized spacial score (nSPS) is 44.1. The van der Waals surface area contributed by atoms with Crippen molar-refractivity contribution in [2.45, 2.75) is 51.3 Å². The number of hydrogen-bond acceptors (Lipinski definition) is 2. The summed E-state index contributed by atoms with van der Waals surface area (Å²) in [5.74, 6) is 0.911. The fraction of sp³-hybridized carbons (Fsp3) is 1.00. The molecule has 0 aromatic rings. The van der Waals surface area contributed by atoms with Crippen LogP contribution >= 0.6 is 0 Å². The quantitative estimate of drug-likeness (QED) is 0.662. The van der Waals surface area contributed by atoms with E-state index in [2.05, 4.69) is 32.7 Å². The van der Waals surface area contributed by atoms with Gasteiger partial charge in [0.25, 0.3) is 0 Å². The SMILES string of the molecule is CC(C)OC[C@@H]1C2CC(C)(C2)N1C. The predicted octanol–water partition coefficient (Wildman–Crippen LogP) is 1.89. The van der Waals surface area contributed by atoms with Crippen LogP contribution in [-0.4, -0.2) is 36.2 Å². The lowest BCUT2D eigenvalue weighted by Crippen LogP contribution is -2.41. The van der Waals surface area contributed by atoms with Gasteiger partial charge in [-0.25, -0.2) is 0 Å². The Labute approximate surface area is 81.3 Å². The summed E-state index contributed by atoms with van der Waals surface area (Å²) in [6.45, 7) is 7.52. The zero-order valence-electron chi connectivity index (χ0n) is 9.21. The van der Waals surface area contributed by atoms with E-state index in [1.54, 1.807) is 0 Å². The number of likely N-dealkylation sites (N-methyl/N-ethyl adjacent to an activating group) is 1. The molecule has 0 aromatic heterocycles. The Morgan fingerprint density at radius 2 is 2.08 bits per heavy atom. The zero-order chi connectivity index (χ0) is 9.64. The molecule has 2 nitrogen and oxygen atoms in total. The van der Waals surface area contributed by atoms with Gasteiger partial charge in [-0.15, -0.1) is 0 Å². The van der Waals surface area contributed by atoms with Crippen molar-refractivity contribution in [1.82, 2.24) is 4.90 Å². The fourth-order valence-corrected chi connectivity index (χ4v) is 2.89. The Bertz CT molecular complexity index is 196. The minimum Gasteiger partial charge on any atom is -0.377 e. The van der Waals surface area contributed by atoms with Crippen molar-refractivity contribution in [1.29, 1.82) is 0 Å². The van der Waals surface area contributed by atoms with E-state index >= 15 is 0 Å². The first kappa shape index (κ1) is 9.47. The number of rotatable bonds is 3. The maximum Gasteiger partial charge on any atom is 0.0628 e. The molecule has 0 amide bonds. The van der Waals surface area contributed by atoms with Crippen molar-refractivity contribution in [3.8, 4) is 0 Å². The zero-order valence-corrected chi connectivity index (χ0v) is 9.21. The summed E-state index contributed by atoms with van der Waals surface area (Å²) in [4.78, 5) is 2.53. The molecule has 2 bridgehead atoms. The maximum atomic E-state index is 5.70. The van der Waals surface area contributed by atoms with Gasteiger partial charge in [0.1, 0.15) is 0 Å². The Morgan fingerprint density at radius 3 is 2.46 bits per heavy atom. The molecule has 2 heteroatoms. The van der Waals surface area contributed by atoms with Crippen LogP contribution in [0.1, 0.15) is 33.6 Å². The van der Waals surface area contributed by atoms with Crippen molar-refractivity contribution in [3.63, 3.8) is 0 Å². The van der Waals surface area contributed by atoms with E-state index in [9.17, 15) is 0 Å². The molecule has 0 aromatic carbocycles. The Kier molecular flexibility index (Phi) is 2.16. The van der Waals surface area contributed by atoms with Gasteiger partial charge in [0.2, 0.25) is 0 Å². The number of ether oxygens (including phenoxy) is 1. The molecule has 0 N–H and O–H groups in total. The molecule has 76 valence electrons. The first-order valence-corrected chi connectivity index (χ1v) is 5.37. The highest BCUT2D eigenvalue weighted by Crippen LogP contribution is 2.53. The van der Waals surface area contributed by atoms with Crippen molar-refractivity contribution >= 4 is 0 Å². The second kappa shape index (κ2) is 2.96. The maximum absolute atomic E-state index is 5.70. The molecule has 0 radical (unpaired) electrons. The molecule has 1 saturated carbocycles. The lowest BCUT2D eigenvalue weighted by Gasteiger charge is -2.37. The minimum atomic E-state index is 0.374. The summed E-state index contributed by atoms with van der Waals surface area (Å²) in [6.07, 6.45) is 3.14. The van der Waals surface area contributed by atoms with Gasteiger partial charge in [-0.2, -0.15) is 0 Å². The Morgan fingerprint density at radius 1 is 1.46 bits per heavy atom. The first-order valence-electron chi connectivity index (χ1n) is 5.37. The van der Waals surface area contributed by atoms with Crippen molar-refractivity contribution in [2.75, 3.05) is 13.7 Å². The first-order chi connectivity index (χ1) is 6.03. The van der Waals surface area contributed by atoms with Gasteiger partial charge >= 0.3 is 0 Å². The molecule has 1 atom stereocenters. The van der Waals surface area contributed by atoms with E-state index < -0.39 is 0 Å². The van der Waals surface area contributed by atoms with E-state index in [1.807, 2.05) is 0 Å². The van der Waals surface area contributed by atoms with Crippen LogP contribution in [0.3, 0.4) is 0 Å². The van der Waals surface area contributed by atoms with Gasteiger partial charge in [-0.1, -0.05) is 0 Å². The topological polar surface area (TPSA) is 12.5 Å². The van der Waals surface area contributed by atoms with Gasteiger partial charge in [-0.05, 0) is 46.6 Å². The molecule has 3 fully saturated rings. The highest BCUT2D eigenvalue weighted by molar-refractivity contribution is 5.11. The number of fused-ring (bicyclic) bond motifs is 1. The molecule has 3 aliphatic rings. The molecule has 3 rings (SSSR count). The Balaban J connectivity index is 1.88. The highest BCUT2D eigenvalue weighted by atomic mass is 16.5. The standard InChI is InChI=1S/C11H21NO/c1-8(2)13-7-10-9-5-11(3,6-9)12(10)4/h8-10H,5-7H2,1-4H3/t9?,10-,11?/m1/s1. The van der Waals surface area contributed by atoms with Gasteiger partial charge in [0.15, 0.2) is 0 Å². The summed E-state index contributed by atoms with van der Waals surface area (Å²) in [6, 6.07) is 0.687. The van der Waals surface area contributed by atoms with Gasteiger partial charge < -0.3 is 4.74 Å². The van der Waals surface area contributed by atoms with Crippen LogP contribution in [0.25, 0.3) is 0 Å². The van der Waals surface area contributed by atoms with E-state index in [1.165, 1.54) is 12.8 Å². The molecular formula is C11H21NO. The van der Waals surface area contributed by atoms with E-state index in [-0.39, 0.29) is 0 Å². The van der Waals surface area contributed by atoms with Crippen molar-refractivity contribution < 1.29 is 4.74 Å². The third kappa shape index (κ3) is 1.40. The molecule has 2 heterocycles. The largest absolute Gasteiger partial charge is 0.377 e. The summed E-state index contributed by atoms with van der Waals surface area (Å²) in [7, 11) is 2.25. The highest BCUT2D eigenvalue weighted by Gasteiger charge is 2.56. The summed E-state index contributed by atoms with van der Waals surface area (Å²) in [5.41, 5.74) is 0.510. The van der Waals surface area contributed by atoms with Crippen molar-refractivity contribution in [3.05, 3.63) is 0 Å². The third-order valence-corrected chi connectivity index (χ3v) is 3.90. The smallest absolute Gasteiger partial charge is 0.0628 e. The van der Waals surface area contributed by atoms with Crippen LogP contribution in [0, 0.1) is 5.92 Å². The van der Waals surface area contributed by atoms with Gasteiger partial charge in [0, 0.05) is 11.6 Å². The van der Waals surface area contributed by atoms with E-state index in [0.717, 1.165) is 12.5 Å². The van der Waals surface area contributed by atoms with Crippen molar-refractivity contribution in [2.24, 2.45) is 5.92 Å². The van der Waals surface area contributed by atoms with Crippen LogP contribution in [0.2, 0.25) is 0 Å². The van der Waals surface area contributed by atoms with E-state index in [4.69, 9.17) is 4.74 Å². The average molecular weight is 183 g/mol. The van der Waals surface area contributed by atoms with Crippen LogP contribution < -0.4 is 0 Å². The molecular weight excluding hydrogens is 162 g/mol. The molecule has 13 heavy (non-hydrogen) atoms. The van der Waals surface area contributed by atoms with Gasteiger partial charge in [0.05, 0.1) is 12.7 Å². The monoisotopic (exact) mass is 183 g/mol. The lowest BCUT2D eigenvalue weighted by atomic mass is 9.73. The average Bonchev–Trinajstić information content (AvgIpc) is 2.33. The predicted molar refractivity (Wildman–Crippen MR) is 53.8 cm³/mol. The fourth-order valence-electron chi connectivity index (χ4n) is 2.89. The van der Waals surface area contributed by atoms with Crippen LogP contribution in [-0.2, 0) is 4.74 Å². The van der Waals surface area contributed by atoms with E-state index in [0.29, 0.717) is 17.7 Å². The second-order valence-electron chi connectivity index (χ2n) is 5.23. The third-order valence-electron chi connectivity index (χ3n) is 3.90. The number of nitrogens with zero attached hydrogens (tertiary/aromatic N) is 1. The minimum absolute atomic E-state index is 0.374. The number of hydrogen-bond donors (Lipinski definition) is 0. The van der Waals surface area contributed by atoms with Crippen LogP contribution in [0.4, 0.5) is 0 Å². The molecule has 2 saturated heterocycles. The summed E-state index contributed by atoms with van der Waals surface area (Å²) in [5, 5.41) is 0. The molecule has 0 unspecified atom stereocenters. The molecule has 2 aliphatic heterocycles. The Hall–Kier alpha value is -0.0800. The summed E-state index contributed by atoms with van der Waals surface area (Å²) >= 11 is 0. The molecule has 0 spiro atoms. The van der Waals surface area contributed by atoms with Gasteiger partial charge in [-0.3, -0.25) is 4.90 Å². The lowest BCUT2D eigenvalue weighted by molar-refractivity contribution is 0.0372. The summed E-state index contributed by atoms with van der Waals surface area (Å²) < 4.78 is 5.70.